The van der Waals surface area contributed by atoms with Crippen LogP contribution in [0.15, 0.2) is 72.5 Å². The van der Waals surface area contributed by atoms with Crippen molar-refractivity contribution in [2.45, 2.75) is 63.1 Å². The maximum Gasteiger partial charge on any atom is 0.257 e. The van der Waals surface area contributed by atoms with Gasteiger partial charge in [-0.2, -0.15) is 4.31 Å². The molecular weight excluding hydrogens is 710 g/mol. The Morgan fingerprint density at radius 1 is 1.09 bits per heavy atom. The lowest BCUT2D eigenvalue weighted by atomic mass is 9.72. The molecule has 2 aromatic carbocycles. The predicted molar refractivity (Wildman–Crippen MR) is 202 cm³/mol. The Morgan fingerprint density at radius 3 is 2.48 bits per heavy atom. The van der Waals surface area contributed by atoms with Gasteiger partial charge >= 0.3 is 0 Å². The van der Waals surface area contributed by atoms with E-state index in [-0.39, 0.29) is 51.6 Å². The zero-order valence-corrected chi connectivity index (χ0v) is 31.8. The van der Waals surface area contributed by atoms with E-state index in [1.165, 1.54) is 34.9 Å². The molecule has 284 valence electrons. The van der Waals surface area contributed by atoms with Gasteiger partial charge in [0.15, 0.2) is 11.6 Å². The summed E-state index contributed by atoms with van der Waals surface area (Å²) >= 11 is 0. The number of hydrogen-bond acceptors (Lipinski definition) is 9. The number of carbonyl (C=O) groups excluding carboxylic acids is 2. The van der Waals surface area contributed by atoms with Gasteiger partial charge in [0, 0.05) is 61.8 Å². The zero-order valence-electron chi connectivity index (χ0n) is 30.9. The number of likely N-dealkylation sites (tertiary alicyclic amines) is 2. The molecule has 4 aliphatic rings. The second-order valence-electron chi connectivity index (χ2n) is 14.9. The quantitative estimate of drug-likeness (QED) is 0.219. The number of benzene rings is 2. The number of anilines is 1. The molecule has 2 bridgehead atoms. The van der Waals surface area contributed by atoms with Crippen LogP contribution in [0.4, 0.5) is 10.2 Å². The van der Waals surface area contributed by atoms with Gasteiger partial charge in [-0.15, -0.1) is 0 Å². The van der Waals surface area contributed by atoms with Crippen LogP contribution in [0.1, 0.15) is 56.0 Å². The van der Waals surface area contributed by atoms with Crippen molar-refractivity contribution < 1.29 is 27.1 Å². The molecule has 7 rings (SSSR count). The van der Waals surface area contributed by atoms with Crippen LogP contribution in [0.2, 0.25) is 0 Å². The van der Waals surface area contributed by atoms with Crippen LogP contribution in [0.3, 0.4) is 0 Å². The molecule has 1 aromatic heterocycles. The number of sulfonamides is 1. The molecule has 0 radical (unpaired) electrons. The largest absolute Gasteiger partial charge is 0.451 e. The molecule has 4 saturated heterocycles. The molecule has 2 amide bonds. The molecule has 0 aliphatic carbocycles. The van der Waals surface area contributed by atoms with Crippen molar-refractivity contribution in [3.8, 4) is 23.3 Å². The highest BCUT2D eigenvalue weighted by atomic mass is 32.2. The lowest BCUT2D eigenvalue weighted by Crippen LogP contribution is -2.60. The van der Waals surface area contributed by atoms with Gasteiger partial charge in [-0.3, -0.25) is 14.5 Å². The van der Waals surface area contributed by atoms with Crippen LogP contribution in [-0.2, 0) is 14.8 Å². The van der Waals surface area contributed by atoms with E-state index in [9.17, 15) is 22.4 Å². The molecule has 14 heteroatoms. The van der Waals surface area contributed by atoms with Crippen molar-refractivity contribution >= 4 is 27.7 Å². The molecule has 1 spiro atoms. The Balaban J connectivity index is 0.914. The number of halogens is 1. The van der Waals surface area contributed by atoms with Gasteiger partial charge in [-0.1, -0.05) is 18.4 Å². The summed E-state index contributed by atoms with van der Waals surface area (Å²) in [7, 11) is -3.67. The summed E-state index contributed by atoms with van der Waals surface area (Å²) in [6.07, 6.45) is 7.01. The Morgan fingerprint density at radius 2 is 1.83 bits per heavy atom. The van der Waals surface area contributed by atoms with Gasteiger partial charge in [-0.25, -0.2) is 22.8 Å². The highest BCUT2D eigenvalue weighted by Gasteiger charge is 2.49. The number of aromatic nitrogens is 2. The fourth-order valence-electron chi connectivity index (χ4n) is 8.22. The topological polar surface area (TPSA) is 119 Å². The average molecular weight is 756 g/mol. The smallest absolute Gasteiger partial charge is 0.257 e. The highest BCUT2D eigenvalue weighted by molar-refractivity contribution is 7.89. The summed E-state index contributed by atoms with van der Waals surface area (Å²) in [5, 5.41) is 0. The minimum Gasteiger partial charge on any atom is -0.451 e. The van der Waals surface area contributed by atoms with Crippen LogP contribution >= 0.6 is 0 Å². The minimum atomic E-state index is -3.67. The fraction of sp³-hybridized carbons (Fsp3) is 0.450. The van der Waals surface area contributed by atoms with E-state index in [4.69, 9.17) is 4.74 Å². The molecule has 0 unspecified atom stereocenters. The van der Waals surface area contributed by atoms with Gasteiger partial charge < -0.3 is 19.4 Å². The predicted octanol–water partition coefficient (Wildman–Crippen LogP) is 4.39. The van der Waals surface area contributed by atoms with E-state index >= 15 is 0 Å². The first-order chi connectivity index (χ1) is 25.9. The summed E-state index contributed by atoms with van der Waals surface area (Å²) < 4.78 is 48.9. The van der Waals surface area contributed by atoms with Gasteiger partial charge in [0.1, 0.15) is 17.9 Å². The third kappa shape index (κ3) is 7.32. The number of piperazine rings is 1. The number of ether oxygens (including phenoxy) is 1. The van der Waals surface area contributed by atoms with Crippen molar-refractivity contribution in [3.05, 3.63) is 84.6 Å². The normalized spacial score (nSPS) is 20.8. The summed E-state index contributed by atoms with van der Waals surface area (Å²) in [4.78, 5) is 42.3. The molecule has 4 aliphatic heterocycles. The molecule has 54 heavy (non-hydrogen) atoms. The maximum absolute atomic E-state index is 14.3. The van der Waals surface area contributed by atoms with Crippen LogP contribution in [0, 0.1) is 23.1 Å². The van der Waals surface area contributed by atoms with E-state index in [1.54, 1.807) is 40.3 Å². The van der Waals surface area contributed by atoms with Crippen LogP contribution in [-0.4, -0.2) is 120 Å². The molecule has 5 heterocycles. The molecule has 0 saturated carbocycles. The number of rotatable bonds is 10. The lowest BCUT2D eigenvalue weighted by molar-refractivity contribution is -0.127. The second-order valence-corrected chi connectivity index (χ2v) is 16.8. The number of carbonyl (C=O) groups is 2. The van der Waals surface area contributed by atoms with Crippen LogP contribution in [0.5, 0.6) is 11.5 Å². The zero-order chi connectivity index (χ0) is 38.2. The first kappa shape index (κ1) is 37.5. The number of amides is 2. The molecule has 3 aromatic rings. The number of fused-ring (bicyclic) bond motifs is 2. The third-order valence-electron chi connectivity index (χ3n) is 11.2. The molecule has 2 atom stereocenters. The summed E-state index contributed by atoms with van der Waals surface area (Å²) in [5.41, 5.74) is 1.06. The number of nitrogens with zero attached hydrogens (tertiary/aromatic N) is 7. The number of hydrogen-bond donors (Lipinski definition) is 0. The van der Waals surface area contributed by atoms with Gasteiger partial charge in [-0.05, 0) is 102 Å². The first-order valence-electron chi connectivity index (χ1n) is 18.5. The molecule has 12 nitrogen and oxygen atoms in total. The van der Waals surface area contributed by atoms with E-state index in [0.717, 1.165) is 44.6 Å². The average Bonchev–Trinajstić information content (AvgIpc) is 3.78. The van der Waals surface area contributed by atoms with Gasteiger partial charge in [0.2, 0.25) is 15.9 Å². The maximum atomic E-state index is 14.3. The van der Waals surface area contributed by atoms with Crippen LogP contribution < -0.4 is 9.64 Å². The Hall–Kier alpha value is -4.84. The summed E-state index contributed by atoms with van der Waals surface area (Å²) in [6, 6.07) is 10.3. The van der Waals surface area contributed by atoms with Crippen LogP contribution in [0.25, 0.3) is 0 Å². The van der Waals surface area contributed by atoms with Crippen molar-refractivity contribution in [1.82, 2.24) is 29.0 Å². The Labute approximate surface area is 316 Å². The first-order valence-corrected chi connectivity index (χ1v) is 19.9. The SMILES string of the molecule is C=CC(=O)N1C[C@@H]2C[C@H]1CN2S(=O)(=O)c1ccc(C#CCN2CCC3(CC2)CN(c2ncncc2Oc2ccc(F)cc2C(=O)N(CC)C(C)C)C3)cc1. The Bertz CT molecular complexity index is 2080. The number of piperidine rings is 1. The second kappa shape index (κ2) is 15.1. The summed E-state index contributed by atoms with van der Waals surface area (Å²) in [6.45, 7) is 14.5. The standard InChI is InChI=1S/C40H46FN7O5S/c1-5-37(49)47-23-32-21-31(47)24-48(32)54(51,52)33-12-9-29(10-13-33)8-7-17-44-18-15-40(16-19-44)25-45(26-40)38-36(22-42-27-43-38)53-35-14-11-30(41)20-34(35)39(50)46(6-2)28(3)4/h5,9-14,20,22,27-28,31-32H,1,6,15-19,21,23-26H2,2-4H3/t31-,32-/m0/s1. The fourth-order valence-corrected chi connectivity index (χ4v) is 9.89. The molecular formula is C40H46FN7O5S. The van der Waals surface area contributed by atoms with E-state index in [1.807, 2.05) is 20.8 Å². The third-order valence-corrected chi connectivity index (χ3v) is 13.1. The highest BCUT2D eigenvalue weighted by Crippen LogP contribution is 2.45. The van der Waals surface area contributed by atoms with Crippen molar-refractivity contribution in [2.75, 3.05) is 57.3 Å². The van der Waals surface area contributed by atoms with Gasteiger partial charge in [0.25, 0.3) is 5.91 Å². The monoisotopic (exact) mass is 755 g/mol. The van der Waals surface area contributed by atoms with Gasteiger partial charge in [0.05, 0.1) is 23.2 Å². The van der Waals surface area contributed by atoms with Crippen molar-refractivity contribution in [2.24, 2.45) is 5.41 Å². The van der Waals surface area contributed by atoms with Crippen molar-refractivity contribution in [1.29, 1.82) is 0 Å². The minimum absolute atomic E-state index is 0.0576. The molecule has 4 fully saturated rings. The lowest BCUT2D eigenvalue weighted by Gasteiger charge is -2.54. The molecule has 0 N–H and O–H groups in total. The summed E-state index contributed by atoms with van der Waals surface area (Å²) in [5.74, 6) is 6.80. The van der Waals surface area contributed by atoms with E-state index < -0.39 is 15.8 Å². The van der Waals surface area contributed by atoms with E-state index in [0.29, 0.717) is 44.2 Å². The van der Waals surface area contributed by atoms with Crippen molar-refractivity contribution in [3.63, 3.8) is 0 Å². The Kier molecular flexibility index (Phi) is 10.5. The van der Waals surface area contributed by atoms with E-state index in [2.05, 4.69) is 38.2 Å².